The zero-order chi connectivity index (χ0) is 25.1. The second kappa shape index (κ2) is 10.2. The Balaban J connectivity index is 1.22. The number of benzene rings is 2. The van der Waals surface area contributed by atoms with E-state index in [0.29, 0.717) is 64.3 Å². The second-order valence-corrected chi connectivity index (χ2v) is 9.69. The summed E-state index contributed by atoms with van der Waals surface area (Å²) in [6, 6.07) is 15.0. The van der Waals surface area contributed by atoms with Gasteiger partial charge in [0.25, 0.3) is 5.56 Å². The van der Waals surface area contributed by atoms with Gasteiger partial charge in [0.05, 0.1) is 18.0 Å². The minimum Gasteiger partial charge on any atom is -0.497 e. The molecular formula is C28H32N2O6. The van der Waals surface area contributed by atoms with Crippen LogP contribution >= 0.6 is 0 Å². The smallest absolute Gasteiger partial charge is 0.309 e. The van der Waals surface area contributed by atoms with Gasteiger partial charge < -0.3 is 23.9 Å². The van der Waals surface area contributed by atoms with Gasteiger partial charge in [-0.2, -0.15) is 0 Å². The van der Waals surface area contributed by atoms with Crippen molar-refractivity contribution in [2.24, 2.45) is 5.41 Å². The Morgan fingerprint density at radius 1 is 1.03 bits per heavy atom. The Bertz CT molecular complexity index is 1310. The number of aliphatic carboxylic acids is 1. The Labute approximate surface area is 210 Å². The van der Waals surface area contributed by atoms with E-state index in [-0.39, 0.29) is 5.56 Å². The molecule has 0 unspecified atom stereocenters. The summed E-state index contributed by atoms with van der Waals surface area (Å²) in [7, 11) is 1.60. The number of likely N-dealkylation sites (tertiary alicyclic amines) is 1. The van der Waals surface area contributed by atoms with Crippen LogP contribution in [0.15, 0.2) is 53.3 Å². The van der Waals surface area contributed by atoms with Crippen LogP contribution < -0.4 is 19.8 Å². The summed E-state index contributed by atoms with van der Waals surface area (Å²) in [4.78, 5) is 27.3. The monoisotopic (exact) mass is 492 g/mol. The van der Waals surface area contributed by atoms with Crippen molar-refractivity contribution in [2.75, 3.05) is 33.4 Å². The van der Waals surface area contributed by atoms with Crippen molar-refractivity contribution in [1.82, 2.24) is 9.47 Å². The quantitative estimate of drug-likeness (QED) is 0.510. The van der Waals surface area contributed by atoms with Gasteiger partial charge in [0, 0.05) is 25.2 Å². The highest BCUT2D eigenvalue weighted by Crippen LogP contribution is 2.38. The number of ether oxygens (including phenoxy) is 3. The van der Waals surface area contributed by atoms with Gasteiger partial charge >= 0.3 is 5.97 Å². The highest BCUT2D eigenvalue weighted by atomic mass is 16.6. The summed E-state index contributed by atoms with van der Waals surface area (Å²) in [6.45, 7) is 3.77. The van der Waals surface area contributed by atoms with E-state index in [1.807, 2.05) is 42.5 Å². The average molecular weight is 493 g/mol. The van der Waals surface area contributed by atoms with Gasteiger partial charge in [0.1, 0.15) is 19.0 Å². The Morgan fingerprint density at radius 2 is 1.78 bits per heavy atom. The van der Waals surface area contributed by atoms with Crippen molar-refractivity contribution in [3.63, 3.8) is 0 Å². The molecule has 2 aliphatic heterocycles. The number of rotatable bonds is 8. The van der Waals surface area contributed by atoms with Crippen LogP contribution in [0.5, 0.6) is 17.2 Å². The molecule has 1 fully saturated rings. The number of carboxylic acids is 1. The average Bonchev–Trinajstić information content (AvgIpc) is 2.90. The molecule has 36 heavy (non-hydrogen) atoms. The van der Waals surface area contributed by atoms with Crippen LogP contribution in [0, 0.1) is 5.41 Å². The number of piperidine rings is 1. The summed E-state index contributed by atoms with van der Waals surface area (Å²) in [5.74, 6) is 1.50. The number of fused-ring (bicyclic) bond motifs is 2. The fourth-order valence-electron chi connectivity index (χ4n) is 5.36. The highest BCUT2D eigenvalue weighted by Gasteiger charge is 2.41. The first-order chi connectivity index (χ1) is 17.5. The van der Waals surface area contributed by atoms with E-state index < -0.39 is 11.4 Å². The third kappa shape index (κ3) is 4.91. The maximum atomic E-state index is 12.6. The molecule has 3 heterocycles. The van der Waals surface area contributed by atoms with Crippen LogP contribution in [0.25, 0.3) is 10.9 Å². The van der Waals surface area contributed by atoms with Crippen molar-refractivity contribution in [1.29, 1.82) is 0 Å². The molecule has 0 atom stereocenters. The van der Waals surface area contributed by atoms with E-state index in [0.717, 1.165) is 34.5 Å². The van der Waals surface area contributed by atoms with Gasteiger partial charge in [-0.15, -0.1) is 0 Å². The Hall–Kier alpha value is -3.52. The molecular weight excluding hydrogens is 460 g/mol. The van der Waals surface area contributed by atoms with Gasteiger partial charge in [-0.05, 0) is 80.1 Å². The molecule has 2 aliphatic rings. The molecule has 2 aromatic carbocycles. The lowest BCUT2D eigenvalue weighted by Gasteiger charge is -2.39. The number of hydrogen-bond acceptors (Lipinski definition) is 6. The van der Waals surface area contributed by atoms with Crippen molar-refractivity contribution in [3.8, 4) is 17.2 Å². The van der Waals surface area contributed by atoms with Gasteiger partial charge in [-0.25, -0.2) is 0 Å². The molecule has 8 heteroatoms. The number of aromatic nitrogens is 1. The number of nitrogens with zero attached hydrogens (tertiary/aromatic N) is 2. The van der Waals surface area contributed by atoms with E-state index in [9.17, 15) is 14.7 Å². The van der Waals surface area contributed by atoms with Crippen LogP contribution in [0.4, 0.5) is 0 Å². The van der Waals surface area contributed by atoms with E-state index >= 15 is 0 Å². The van der Waals surface area contributed by atoms with E-state index in [2.05, 4.69) is 4.90 Å². The second-order valence-electron chi connectivity index (χ2n) is 9.69. The molecule has 0 spiro atoms. The van der Waals surface area contributed by atoms with Crippen LogP contribution in [-0.4, -0.2) is 54.0 Å². The summed E-state index contributed by atoms with van der Waals surface area (Å²) < 4.78 is 18.4. The lowest BCUT2D eigenvalue weighted by atomic mass is 9.74. The molecule has 3 aromatic rings. The molecule has 1 N–H and O–H groups in total. The highest BCUT2D eigenvalue weighted by molar-refractivity contribution is 5.80. The zero-order valence-electron chi connectivity index (χ0n) is 20.6. The largest absolute Gasteiger partial charge is 0.497 e. The molecule has 1 saturated heterocycles. The SMILES string of the molecule is COc1ccc2ccc(=O)n(CCCC3(C(=O)O)CCN(Cc4ccc5c(c4)OCCO5)CC3)c2c1. The van der Waals surface area contributed by atoms with Gasteiger partial charge in [0.15, 0.2) is 11.5 Å². The maximum absolute atomic E-state index is 12.6. The fourth-order valence-corrected chi connectivity index (χ4v) is 5.36. The van der Waals surface area contributed by atoms with E-state index in [1.54, 1.807) is 17.7 Å². The summed E-state index contributed by atoms with van der Waals surface area (Å²) in [5, 5.41) is 11.1. The van der Waals surface area contributed by atoms with Crippen LogP contribution in [0.1, 0.15) is 31.2 Å². The van der Waals surface area contributed by atoms with Crippen molar-refractivity contribution < 1.29 is 24.1 Å². The predicted molar refractivity (Wildman–Crippen MR) is 136 cm³/mol. The maximum Gasteiger partial charge on any atom is 0.309 e. The molecule has 0 aliphatic carbocycles. The molecule has 5 rings (SSSR count). The molecule has 0 saturated carbocycles. The zero-order valence-corrected chi connectivity index (χ0v) is 20.6. The van der Waals surface area contributed by atoms with Crippen molar-refractivity contribution in [2.45, 2.75) is 38.8 Å². The molecule has 0 bridgehead atoms. The van der Waals surface area contributed by atoms with E-state index in [1.165, 1.54) is 0 Å². The lowest BCUT2D eigenvalue weighted by molar-refractivity contribution is -0.152. The number of aryl methyl sites for hydroxylation is 1. The molecule has 0 amide bonds. The van der Waals surface area contributed by atoms with Gasteiger partial charge in [-0.3, -0.25) is 14.5 Å². The topological polar surface area (TPSA) is 90.2 Å². The summed E-state index contributed by atoms with van der Waals surface area (Å²) >= 11 is 0. The van der Waals surface area contributed by atoms with Crippen LogP contribution in [0.2, 0.25) is 0 Å². The number of carbonyl (C=O) groups is 1. The standard InChI is InChI=1S/C28H32N2O6/c1-34-22-6-4-21-5-8-26(31)30(23(21)18-22)12-2-9-28(27(32)33)10-13-29(14-11-28)19-20-3-7-24-25(17-20)36-16-15-35-24/h3-8,17-18H,2,9-16,19H2,1H3,(H,32,33). The normalized spacial score (nSPS) is 17.1. The number of carboxylic acid groups (broad SMARTS) is 1. The summed E-state index contributed by atoms with van der Waals surface area (Å²) in [6.07, 6.45) is 2.33. The number of hydrogen-bond donors (Lipinski definition) is 1. The summed E-state index contributed by atoms with van der Waals surface area (Å²) in [5.41, 5.74) is 1.08. The first kappa shape index (κ1) is 24.2. The lowest BCUT2D eigenvalue weighted by Crippen LogP contribution is -2.44. The third-order valence-corrected chi connectivity index (χ3v) is 7.52. The molecule has 8 nitrogen and oxygen atoms in total. The van der Waals surface area contributed by atoms with Gasteiger partial charge in [-0.1, -0.05) is 6.07 Å². The Morgan fingerprint density at radius 3 is 2.53 bits per heavy atom. The minimum absolute atomic E-state index is 0.0885. The molecule has 0 radical (unpaired) electrons. The number of pyridine rings is 1. The predicted octanol–water partition coefficient (Wildman–Crippen LogP) is 3.93. The van der Waals surface area contributed by atoms with Gasteiger partial charge in [0.2, 0.25) is 0 Å². The number of methoxy groups -OCH3 is 1. The third-order valence-electron chi connectivity index (χ3n) is 7.52. The minimum atomic E-state index is -0.769. The van der Waals surface area contributed by atoms with Crippen LogP contribution in [-0.2, 0) is 17.9 Å². The Kier molecular flexibility index (Phi) is 6.87. The molecule has 1 aromatic heterocycles. The van der Waals surface area contributed by atoms with E-state index in [4.69, 9.17) is 14.2 Å². The molecule has 190 valence electrons. The first-order valence-corrected chi connectivity index (χ1v) is 12.5. The first-order valence-electron chi connectivity index (χ1n) is 12.5. The van der Waals surface area contributed by atoms with Crippen LogP contribution in [0.3, 0.4) is 0 Å². The van der Waals surface area contributed by atoms with Crippen molar-refractivity contribution >= 4 is 16.9 Å². The van der Waals surface area contributed by atoms with Crippen molar-refractivity contribution in [3.05, 3.63) is 64.4 Å². The fraction of sp³-hybridized carbons (Fsp3) is 0.429.